The van der Waals surface area contributed by atoms with E-state index in [4.69, 9.17) is 5.73 Å². The van der Waals surface area contributed by atoms with Crippen molar-refractivity contribution in [2.45, 2.75) is 38.8 Å². The standard InChI is InChI=1S/C18H29FN4O4/c1-5-7-13(20)17(25)18(26)21-11-16(24)23(27,6-2)15-9-8-12(19)10-14(15)22(3)4/h8-10,13,17,25H,5-7,11,20H2,1-4H3,(H,21,26)/t13-,17?,23?/m0/s1. The average Bonchev–Trinajstić information content (AvgIpc) is 2.64. The maximum Gasteiger partial charge on any atom is 0.338 e. The van der Waals surface area contributed by atoms with Gasteiger partial charge >= 0.3 is 5.91 Å². The Morgan fingerprint density at radius 1 is 1.37 bits per heavy atom. The number of benzene rings is 1. The van der Waals surface area contributed by atoms with Gasteiger partial charge in [-0.15, -0.1) is 0 Å². The predicted molar refractivity (Wildman–Crippen MR) is 103 cm³/mol. The summed E-state index contributed by atoms with van der Waals surface area (Å²) >= 11 is 0. The lowest BCUT2D eigenvalue weighted by Gasteiger charge is -2.40. The molecule has 0 fully saturated rings. The summed E-state index contributed by atoms with van der Waals surface area (Å²) in [6, 6.07) is 2.81. The summed E-state index contributed by atoms with van der Waals surface area (Å²) in [5, 5.41) is 25.4. The molecule has 0 saturated heterocycles. The molecule has 3 atom stereocenters. The van der Waals surface area contributed by atoms with E-state index in [0.29, 0.717) is 12.8 Å². The molecule has 1 rings (SSSR count). The molecule has 152 valence electrons. The first-order chi connectivity index (χ1) is 12.6. The van der Waals surface area contributed by atoms with Crippen LogP contribution in [0.1, 0.15) is 26.7 Å². The van der Waals surface area contributed by atoms with Crippen molar-refractivity contribution in [3.8, 4) is 0 Å². The van der Waals surface area contributed by atoms with Crippen LogP contribution in [-0.2, 0) is 9.59 Å². The second-order valence-corrected chi connectivity index (χ2v) is 6.59. The van der Waals surface area contributed by atoms with E-state index in [0.717, 1.165) is 6.07 Å². The van der Waals surface area contributed by atoms with Crippen molar-refractivity contribution in [1.29, 1.82) is 0 Å². The highest BCUT2D eigenvalue weighted by molar-refractivity contribution is 5.96. The van der Waals surface area contributed by atoms with Gasteiger partial charge in [0.25, 0.3) is 5.91 Å². The first-order valence-corrected chi connectivity index (χ1v) is 8.89. The van der Waals surface area contributed by atoms with Gasteiger partial charge in [-0.2, -0.15) is 0 Å². The molecule has 0 saturated carbocycles. The largest absolute Gasteiger partial charge is 0.620 e. The topological polar surface area (TPSA) is 119 Å². The minimum Gasteiger partial charge on any atom is -0.620 e. The van der Waals surface area contributed by atoms with Crippen LogP contribution < -0.4 is 20.6 Å². The Kier molecular flexibility index (Phi) is 8.29. The summed E-state index contributed by atoms with van der Waals surface area (Å²) in [6.45, 7) is 2.68. The molecule has 1 aromatic carbocycles. The molecule has 0 spiro atoms. The predicted octanol–water partition coefficient (Wildman–Crippen LogP) is 0.848. The third-order valence-corrected chi connectivity index (χ3v) is 4.37. The first kappa shape index (κ1) is 23.0. The molecule has 0 heterocycles. The van der Waals surface area contributed by atoms with Gasteiger partial charge in [-0.25, -0.2) is 9.18 Å². The van der Waals surface area contributed by atoms with Gasteiger partial charge in [0, 0.05) is 32.3 Å². The van der Waals surface area contributed by atoms with Crippen LogP contribution in [0, 0.1) is 11.0 Å². The fourth-order valence-electron chi connectivity index (χ4n) is 2.72. The number of hydroxylamine groups is 2. The Morgan fingerprint density at radius 3 is 2.52 bits per heavy atom. The Morgan fingerprint density at radius 2 is 2.00 bits per heavy atom. The number of rotatable bonds is 9. The molecule has 0 aliphatic carbocycles. The number of amides is 2. The molecule has 0 bridgehead atoms. The number of hydrogen-bond acceptors (Lipinski definition) is 6. The van der Waals surface area contributed by atoms with Gasteiger partial charge in [-0.3, -0.25) is 9.44 Å². The van der Waals surface area contributed by atoms with Crippen LogP contribution in [0.2, 0.25) is 0 Å². The minimum absolute atomic E-state index is 0.0754. The van der Waals surface area contributed by atoms with Crippen molar-refractivity contribution in [2.24, 2.45) is 5.73 Å². The number of aliphatic hydroxyl groups is 1. The van der Waals surface area contributed by atoms with Crippen LogP contribution in [0.15, 0.2) is 18.2 Å². The molecule has 2 amide bonds. The molecule has 8 nitrogen and oxygen atoms in total. The van der Waals surface area contributed by atoms with Crippen LogP contribution in [0.5, 0.6) is 0 Å². The van der Waals surface area contributed by atoms with E-state index in [1.165, 1.54) is 19.1 Å². The van der Waals surface area contributed by atoms with Gasteiger partial charge in [0.05, 0.1) is 6.54 Å². The summed E-state index contributed by atoms with van der Waals surface area (Å²) in [5.41, 5.74) is 6.05. The zero-order chi connectivity index (χ0) is 20.8. The van der Waals surface area contributed by atoms with Crippen molar-refractivity contribution < 1.29 is 19.1 Å². The monoisotopic (exact) mass is 384 g/mol. The van der Waals surface area contributed by atoms with Crippen LogP contribution in [0.4, 0.5) is 15.8 Å². The van der Waals surface area contributed by atoms with E-state index in [1.54, 1.807) is 19.0 Å². The number of carbonyl (C=O) groups excluding carboxylic acids is 2. The summed E-state index contributed by atoms with van der Waals surface area (Å²) < 4.78 is 12.2. The molecule has 0 radical (unpaired) electrons. The number of carbonyl (C=O) groups is 2. The second kappa shape index (κ2) is 9.75. The van der Waals surface area contributed by atoms with E-state index < -0.39 is 41.0 Å². The molecule has 0 aromatic heterocycles. The van der Waals surface area contributed by atoms with E-state index in [-0.39, 0.29) is 17.9 Å². The van der Waals surface area contributed by atoms with Gasteiger partial charge in [0.2, 0.25) is 0 Å². The SMILES string of the molecule is CCC[C@H](N)C(O)C(=O)NCC(=O)[N+]([O-])(CC)c1ccc(F)cc1N(C)C. The van der Waals surface area contributed by atoms with Gasteiger partial charge in [0.1, 0.15) is 24.2 Å². The number of aliphatic hydroxyl groups excluding tert-OH is 1. The summed E-state index contributed by atoms with van der Waals surface area (Å²) in [6.07, 6.45) is -0.324. The lowest BCUT2D eigenvalue weighted by atomic mass is 10.1. The number of hydrogen-bond donors (Lipinski definition) is 3. The van der Waals surface area contributed by atoms with Gasteiger partial charge < -0.3 is 26.3 Å². The van der Waals surface area contributed by atoms with E-state index in [2.05, 4.69) is 5.32 Å². The van der Waals surface area contributed by atoms with Crippen LogP contribution in [0.25, 0.3) is 0 Å². The Balaban J connectivity index is 2.98. The molecular weight excluding hydrogens is 355 g/mol. The third kappa shape index (κ3) is 5.46. The van der Waals surface area contributed by atoms with Crippen molar-refractivity contribution in [2.75, 3.05) is 32.1 Å². The summed E-state index contributed by atoms with van der Waals surface area (Å²) in [5.74, 6) is -2.17. The van der Waals surface area contributed by atoms with E-state index in [9.17, 15) is 24.3 Å². The molecule has 2 unspecified atom stereocenters. The number of halogens is 1. The maximum absolute atomic E-state index is 13.6. The molecule has 0 aliphatic rings. The molecule has 27 heavy (non-hydrogen) atoms. The zero-order valence-corrected chi connectivity index (χ0v) is 16.2. The van der Waals surface area contributed by atoms with E-state index in [1.807, 2.05) is 6.92 Å². The Labute approximate surface area is 158 Å². The first-order valence-electron chi connectivity index (χ1n) is 8.89. The lowest BCUT2D eigenvalue weighted by molar-refractivity contribution is -0.134. The van der Waals surface area contributed by atoms with Crippen LogP contribution >= 0.6 is 0 Å². The second-order valence-electron chi connectivity index (χ2n) is 6.59. The number of likely N-dealkylation sites (N-methyl/N-ethyl adjacent to an activating group) is 1. The van der Waals surface area contributed by atoms with Crippen molar-refractivity contribution >= 4 is 23.2 Å². The number of anilines is 1. The lowest BCUT2D eigenvalue weighted by Crippen LogP contribution is -2.55. The van der Waals surface area contributed by atoms with Gasteiger partial charge in [-0.05, 0) is 19.4 Å². The summed E-state index contributed by atoms with van der Waals surface area (Å²) in [7, 11) is 3.27. The van der Waals surface area contributed by atoms with Gasteiger partial charge in [-0.1, -0.05) is 13.3 Å². The fraction of sp³-hybridized carbons (Fsp3) is 0.556. The third-order valence-electron chi connectivity index (χ3n) is 4.37. The molecule has 1 aromatic rings. The van der Waals surface area contributed by atoms with Crippen molar-refractivity contribution in [3.05, 3.63) is 29.2 Å². The van der Waals surface area contributed by atoms with E-state index >= 15 is 0 Å². The molecule has 4 N–H and O–H groups in total. The number of nitrogens with two attached hydrogens (primary N) is 1. The molecular formula is C18H29FN4O4. The summed E-state index contributed by atoms with van der Waals surface area (Å²) in [4.78, 5) is 26.1. The maximum atomic E-state index is 13.6. The van der Waals surface area contributed by atoms with Crippen LogP contribution in [0.3, 0.4) is 0 Å². The van der Waals surface area contributed by atoms with Crippen molar-refractivity contribution in [1.82, 2.24) is 9.96 Å². The highest BCUT2D eigenvalue weighted by atomic mass is 19.1. The number of quaternary nitrogens is 1. The van der Waals surface area contributed by atoms with Gasteiger partial charge in [0.15, 0.2) is 5.69 Å². The Bertz CT molecular complexity index is 671. The van der Waals surface area contributed by atoms with Crippen molar-refractivity contribution in [3.63, 3.8) is 0 Å². The normalized spacial score (nSPS) is 15.6. The number of nitrogens with zero attached hydrogens (tertiary/aromatic N) is 2. The average molecular weight is 384 g/mol. The smallest absolute Gasteiger partial charge is 0.338 e. The zero-order valence-electron chi connectivity index (χ0n) is 16.2. The minimum atomic E-state index is -1.46. The Hall–Kier alpha value is -2.07. The molecule has 0 aliphatic heterocycles. The fourth-order valence-corrected chi connectivity index (χ4v) is 2.72. The molecule has 9 heteroatoms. The number of nitrogens with one attached hydrogen (secondary N) is 1. The van der Waals surface area contributed by atoms with Crippen LogP contribution in [-0.4, -0.2) is 56.3 Å². The highest BCUT2D eigenvalue weighted by Gasteiger charge is 2.33. The quantitative estimate of drug-likeness (QED) is 0.429. The highest BCUT2D eigenvalue weighted by Crippen LogP contribution is 2.33.